The zero-order chi connectivity index (χ0) is 13.2. The molecule has 0 heterocycles. The van der Waals surface area contributed by atoms with Crippen molar-refractivity contribution in [2.75, 3.05) is 0 Å². The summed E-state index contributed by atoms with van der Waals surface area (Å²) in [6.45, 7) is 0. The Balaban J connectivity index is 3.08. The third-order valence-electron chi connectivity index (χ3n) is 1.70. The summed E-state index contributed by atoms with van der Waals surface area (Å²) in [7, 11) is -2.53. The van der Waals surface area contributed by atoms with Crippen LogP contribution in [0.2, 0.25) is 0 Å². The molecule has 0 saturated carbocycles. The summed E-state index contributed by atoms with van der Waals surface area (Å²) in [6, 6.07) is 2.11. The van der Waals surface area contributed by atoms with Crippen LogP contribution in [0.5, 0.6) is 0 Å². The lowest BCUT2D eigenvalue weighted by Gasteiger charge is -2.11. The largest absolute Gasteiger partial charge is 0.510 e. The number of rotatable bonds is 2. The number of nitrogens with zero attached hydrogens (tertiary/aromatic N) is 1. The minimum absolute atomic E-state index is 0.312. The van der Waals surface area contributed by atoms with Gasteiger partial charge in [-0.3, -0.25) is 0 Å². The van der Waals surface area contributed by atoms with Gasteiger partial charge in [0.15, 0.2) is 11.6 Å². The van der Waals surface area contributed by atoms with Gasteiger partial charge < -0.3 is 9.68 Å². The highest BCUT2D eigenvalue weighted by Gasteiger charge is 2.36. The number of alkyl halides is 3. The molecule has 1 rings (SSSR count). The summed E-state index contributed by atoms with van der Waals surface area (Å²) in [6.07, 6.45) is -5.14. The fourth-order valence-corrected chi connectivity index (χ4v) is 1.03. The Morgan fingerprint density at radius 1 is 1.29 bits per heavy atom. The van der Waals surface area contributed by atoms with Gasteiger partial charge >= 0.3 is 13.5 Å². The standard InChI is InChI=1S/C8H3BF5NO2/c10-6-2-5(1-4(3-15)7(6)11)9(16)17-8(12,13)14/h1-2,16H. The van der Waals surface area contributed by atoms with Crippen molar-refractivity contribution in [3.8, 4) is 6.07 Å². The van der Waals surface area contributed by atoms with Crippen LogP contribution in [0, 0.1) is 23.0 Å². The maximum absolute atomic E-state index is 12.8. The van der Waals surface area contributed by atoms with E-state index < -0.39 is 36.1 Å². The maximum Gasteiger partial charge on any atom is 0.510 e. The molecule has 0 aliphatic carbocycles. The van der Waals surface area contributed by atoms with Crippen LogP contribution in [0.3, 0.4) is 0 Å². The third kappa shape index (κ3) is 3.40. The minimum Gasteiger partial charge on any atom is -0.423 e. The van der Waals surface area contributed by atoms with E-state index >= 15 is 0 Å². The molecule has 0 unspecified atom stereocenters. The van der Waals surface area contributed by atoms with Crippen LogP contribution >= 0.6 is 0 Å². The Bertz CT molecular complexity index is 470. The van der Waals surface area contributed by atoms with Gasteiger partial charge in [-0.2, -0.15) is 5.26 Å². The van der Waals surface area contributed by atoms with Gasteiger partial charge in [-0.25, -0.2) is 8.78 Å². The van der Waals surface area contributed by atoms with Crippen LogP contribution in [0.4, 0.5) is 22.0 Å². The van der Waals surface area contributed by atoms with Gasteiger partial charge in [-0.1, -0.05) is 0 Å². The van der Waals surface area contributed by atoms with Crippen molar-refractivity contribution >= 4 is 12.6 Å². The topological polar surface area (TPSA) is 53.2 Å². The van der Waals surface area contributed by atoms with Gasteiger partial charge in [0, 0.05) is 0 Å². The second-order valence-electron chi connectivity index (χ2n) is 2.89. The predicted octanol–water partition coefficient (Wildman–Crippen LogP) is 1.06. The van der Waals surface area contributed by atoms with Crippen molar-refractivity contribution < 1.29 is 31.6 Å². The van der Waals surface area contributed by atoms with Gasteiger partial charge in [0.1, 0.15) is 6.07 Å². The van der Waals surface area contributed by atoms with E-state index in [2.05, 4.69) is 4.65 Å². The lowest BCUT2D eigenvalue weighted by atomic mass is 9.79. The highest BCUT2D eigenvalue weighted by molar-refractivity contribution is 6.60. The lowest BCUT2D eigenvalue weighted by Crippen LogP contribution is -2.39. The summed E-state index contributed by atoms with van der Waals surface area (Å²) < 4.78 is 64.1. The maximum atomic E-state index is 12.8. The summed E-state index contributed by atoms with van der Waals surface area (Å²) >= 11 is 0. The average molecular weight is 251 g/mol. The van der Waals surface area contributed by atoms with Crippen LogP contribution < -0.4 is 5.46 Å². The number of nitriles is 1. The van der Waals surface area contributed by atoms with Crippen LogP contribution in [0.15, 0.2) is 12.1 Å². The van der Waals surface area contributed by atoms with Crippen molar-refractivity contribution in [2.24, 2.45) is 0 Å². The van der Waals surface area contributed by atoms with Crippen molar-refractivity contribution in [3.05, 3.63) is 29.3 Å². The smallest absolute Gasteiger partial charge is 0.423 e. The van der Waals surface area contributed by atoms with Gasteiger partial charge in [0.05, 0.1) is 5.56 Å². The van der Waals surface area contributed by atoms with Crippen molar-refractivity contribution in [2.45, 2.75) is 6.36 Å². The SMILES string of the molecule is N#Cc1cc(B(O)OC(F)(F)F)cc(F)c1F. The summed E-state index contributed by atoms with van der Waals surface area (Å²) in [5, 5.41) is 17.3. The summed E-state index contributed by atoms with van der Waals surface area (Å²) in [5.41, 5.74) is -1.54. The molecular formula is C8H3BF5NO2. The lowest BCUT2D eigenvalue weighted by molar-refractivity contribution is -0.282. The van der Waals surface area contributed by atoms with Crippen molar-refractivity contribution in [1.82, 2.24) is 0 Å². The number of halogens is 5. The molecular weight excluding hydrogens is 248 g/mol. The van der Waals surface area contributed by atoms with Crippen LogP contribution in [-0.2, 0) is 4.65 Å². The molecule has 1 aromatic rings. The highest BCUT2D eigenvalue weighted by Crippen LogP contribution is 2.17. The van der Waals surface area contributed by atoms with Gasteiger partial charge in [-0.05, 0) is 17.6 Å². The molecule has 0 bridgehead atoms. The molecule has 0 fully saturated rings. The van der Waals surface area contributed by atoms with E-state index in [1.807, 2.05) is 0 Å². The minimum atomic E-state index is -5.14. The fraction of sp³-hybridized carbons (Fsp3) is 0.125. The van der Waals surface area contributed by atoms with Gasteiger partial charge in [0.2, 0.25) is 0 Å². The molecule has 0 spiro atoms. The molecule has 90 valence electrons. The first-order valence-electron chi connectivity index (χ1n) is 4.06. The van der Waals surface area contributed by atoms with Gasteiger partial charge in [0.25, 0.3) is 0 Å². The van der Waals surface area contributed by atoms with Crippen molar-refractivity contribution in [1.29, 1.82) is 5.26 Å². The molecule has 0 aliphatic heterocycles. The fourth-order valence-electron chi connectivity index (χ4n) is 1.03. The van der Waals surface area contributed by atoms with Crippen LogP contribution in [-0.4, -0.2) is 18.5 Å². The molecule has 0 atom stereocenters. The molecule has 0 aromatic heterocycles. The molecule has 0 amide bonds. The van der Waals surface area contributed by atoms with Crippen LogP contribution in [0.25, 0.3) is 0 Å². The summed E-state index contributed by atoms with van der Waals surface area (Å²) in [4.78, 5) is 0. The van der Waals surface area contributed by atoms with E-state index in [9.17, 15) is 22.0 Å². The molecule has 0 saturated heterocycles. The third-order valence-corrected chi connectivity index (χ3v) is 1.70. The molecule has 0 radical (unpaired) electrons. The second-order valence-corrected chi connectivity index (χ2v) is 2.89. The zero-order valence-electron chi connectivity index (χ0n) is 7.92. The first-order valence-corrected chi connectivity index (χ1v) is 4.06. The Morgan fingerprint density at radius 3 is 2.35 bits per heavy atom. The normalized spacial score (nSPS) is 11.1. The monoisotopic (exact) mass is 251 g/mol. The first kappa shape index (κ1) is 13.4. The Morgan fingerprint density at radius 2 is 1.88 bits per heavy atom. The second kappa shape index (κ2) is 4.69. The quantitative estimate of drug-likeness (QED) is 0.631. The Hall–Kier alpha value is -1.66. The van der Waals surface area contributed by atoms with E-state index in [0.717, 1.165) is 0 Å². The Labute approximate surface area is 92.2 Å². The number of benzene rings is 1. The van der Waals surface area contributed by atoms with Crippen molar-refractivity contribution in [3.63, 3.8) is 0 Å². The van der Waals surface area contributed by atoms with E-state index in [1.165, 1.54) is 6.07 Å². The van der Waals surface area contributed by atoms with E-state index in [0.29, 0.717) is 12.1 Å². The average Bonchev–Trinajstić information content (AvgIpc) is 2.19. The van der Waals surface area contributed by atoms with E-state index in [-0.39, 0.29) is 0 Å². The first-order chi connectivity index (χ1) is 7.74. The zero-order valence-corrected chi connectivity index (χ0v) is 7.92. The molecule has 1 aromatic carbocycles. The number of hydrogen-bond donors (Lipinski definition) is 1. The predicted molar refractivity (Wildman–Crippen MR) is 45.8 cm³/mol. The molecule has 3 nitrogen and oxygen atoms in total. The molecule has 17 heavy (non-hydrogen) atoms. The summed E-state index contributed by atoms with van der Waals surface area (Å²) in [5.74, 6) is -3.06. The van der Waals surface area contributed by atoms with Crippen LogP contribution in [0.1, 0.15) is 5.56 Å². The highest BCUT2D eigenvalue weighted by atomic mass is 19.4. The Kier molecular flexibility index (Phi) is 3.70. The number of hydrogen-bond acceptors (Lipinski definition) is 3. The van der Waals surface area contributed by atoms with E-state index in [4.69, 9.17) is 10.3 Å². The van der Waals surface area contributed by atoms with Gasteiger partial charge in [-0.15, -0.1) is 13.2 Å². The molecule has 1 N–H and O–H groups in total. The molecule has 0 aliphatic rings. The molecule has 9 heteroatoms. The van der Waals surface area contributed by atoms with E-state index in [1.54, 1.807) is 0 Å².